The number of carbonyl (C=O) groups excluding carboxylic acids is 1. The van der Waals surface area contributed by atoms with Crippen LogP contribution in [0.2, 0.25) is 0 Å². The number of hydrogen-bond donors (Lipinski definition) is 0. The fourth-order valence-electron chi connectivity index (χ4n) is 3.86. The van der Waals surface area contributed by atoms with Crippen LogP contribution >= 0.6 is 0 Å². The molecular weight excluding hydrogens is 358 g/mol. The maximum Gasteiger partial charge on any atom is 0.267 e. The van der Waals surface area contributed by atoms with Crippen molar-refractivity contribution < 1.29 is 18.9 Å². The summed E-state index contributed by atoms with van der Waals surface area (Å²) in [6.45, 7) is 2.59. The first-order chi connectivity index (χ1) is 13.7. The van der Waals surface area contributed by atoms with Gasteiger partial charge in [0, 0.05) is 19.0 Å². The van der Waals surface area contributed by atoms with Crippen LogP contribution in [0.4, 0.5) is 0 Å². The predicted molar refractivity (Wildman–Crippen MR) is 103 cm³/mol. The van der Waals surface area contributed by atoms with E-state index in [-0.39, 0.29) is 11.9 Å². The van der Waals surface area contributed by atoms with E-state index in [1.165, 1.54) is 0 Å². The van der Waals surface area contributed by atoms with Gasteiger partial charge in [-0.15, -0.1) is 0 Å². The van der Waals surface area contributed by atoms with Gasteiger partial charge >= 0.3 is 0 Å². The first-order valence-corrected chi connectivity index (χ1v) is 9.76. The Hall–Kier alpha value is -2.83. The number of oxime groups is 1. The van der Waals surface area contributed by atoms with Gasteiger partial charge < -0.3 is 19.0 Å². The first kappa shape index (κ1) is 18.5. The molecule has 0 spiro atoms. The van der Waals surface area contributed by atoms with E-state index in [1.54, 1.807) is 7.11 Å². The summed E-state index contributed by atoms with van der Waals surface area (Å²) in [6.07, 6.45) is 3.89. The van der Waals surface area contributed by atoms with Crippen LogP contribution in [0.3, 0.4) is 0 Å². The largest absolute Gasteiger partial charge is 0.497 e. The molecule has 2 aromatic rings. The average Bonchev–Trinajstić information content (AvgIpc) is 3.31. The summed E-state index contributed by atoms with van der Waals surface area (Å²) in [6, 6.07) is 9.45. The van der Waals surface area contributed by atoms with Crippen LogP contribution in [0.25, 0.3) is 0 Å². The topological polar surface area (TPSA) is 77.2 Å². The van der Waals surface area contributed by atoms with Crippen LogP contribution in [0.5, 0.6) is 5.75 Å². The Bertz CT molecular complexity index is 859. The minimum Gasteiger partial charge on any atom is -0.497 e. The fourth-order valence-corrected chi connectivity index (χ4v) is 3.86. The molecule has 3 heterocycles. The molecule has 0 N–H and O–H groups in total. The Morgan fingerprint density at radius 1 is 1.21 bits per heavy atom. The van der Waals surface area contributed by atoms with E-state index >= 15 is 0 Å². The monoisotopic (exact) mass is 383 g/mol. The molecule has 1 amide bonds. The van der Waals surface area contributed by atoms with Crippen LogP contribution in [0.15, 0.2) is 40.0 Å². The van der Waals surface area contributed by atoms with Gasteiger partial charge in [-0.2, -0.15) is 0 Å². The quantitative estimate of drug-likeness (QED) is 0.806. The van der Waals surface area contributed by atoms with Crippen LogP contribution in [0.1, 0.15) is 55.2 Å². The maximum atomic E-state index is 13.3. The van der Waals surface area contributed by atoms with Crippen LogP contribution < -0.4 is 4.74 Å². The zero-order chi connectivity index (χ0) is 19.5. The van der Waals surface area contributed by atoms with Crippen molar-refractivity contribution in [1.29, 1.82) is 0 Å². The van der Waals surface area contributed by atoms with Gasteiger partial charge in [0.15, 0.2) is 5.76 Å². The van der Waals surface area contributed by atoms with Crippen molar-refractivity contribution >= 4 is 11.6 Å². The maximum absolute atomic E-state index is 13.3. The van der Waals surface area contributed by atoms with Crippen LogP contribution in [-0.4, -0.2) is 41.4 Å². The number of aryl methyl sites for hydroxylation is 1. The molecule has 2 atom stereocenters. The van der Waals surface area contributed by atoms with Gasteiger partial charge in [0.05, 0.1) is 24.6 Å². The summed E-state index contributed by atoms with van der Waals surface area (Å²) in [5.74, 6) is 1.50. The van der Waals surface area contributed by atoms with E-state index in [2.05, 4.69) is 10.3 Å². The molecule has 0 saturated carbocycles. The molecule has 4 rings (SSSR count). The highest BCUT2D eigenvalue weighted by Crippen LogP contribution is 2.32. The molecule has 1 aromatic carbocycles. The number of aromatic nitrogens is 1. The first-order valence-electron chi connectivity index (χ1n) is 9.76. The average molecular weight is 383 g/mol. The second-order valence-corrected chi connectivity index (χ2v) is 7.33. The molecule has 0 radical (unpaired) electrons. The lowest BCUT2D eigenvalue weighted by atomic mass is 10.0. The number of benzene rings is 1. The van der Waals surface area contributed by atoms with Crippen molar-refractivity contribution in [2.75, 3.05) is 13.7 Å². The van der Waals surface area contributed by atoms with Gasteiger partial charge in [-0.05, 0) is 49.6 Å². The van der Waals surface area contributed by atoms with Gasteiger partial charge in [-0.25, -0.2) is 0 Å². The molecule has 2 aliphatic rings. The third-order valence-electron chi connectivity index (χ3n) is 5.38. The van der Waals surface area contributed by atoms with Crippen molar-refractivity contribution in [3.05, 3.63) is 47.3 Å². The summed E-state index contributed by atoms with van der Waals surface area (Å²) >= 11 is 0. The van der Waals surface area contributed by atoms with E-state index in [9.17, 15) is 4.79 Å². The standard InChI is InChI=1S/C21H25N3O4/c1-14-12-19(27-22-14)18-6-4-3-5-11-24(18)21(25)20-13-17(23-28-20)15-7-9-16(26-2)10-8-15/h7-10,12,18,20H,3-6,11,13H2,1-2H3/t18-,20+/m1/s1. The van der Waals surface area contributed by atoms with E-state index in [0.717, 1.165) is 54.2 Å². The third kappa shape index (κ3) is 3.74. The van der Waals surface area contributed by atoms with Crippen LogP contribution in [-0.2, 0) is 9.63 Å². The van der Waals surface area contributed by atoms with Crippen LogP contribution in [0, 0.1) is 6.92 Å². The van der Waals surface area contributed by atoms with Gasteiger partial charge in [0.2, 0.25) is 6.10 Å². The Balaban J connectivity index is 1.48. The summed E-state index contributed by atoms with van der Waals surface area (Å²) in [5, 5.41) is 8.18. The molecule has 1 saturated heterocycles. The predicted octanol–water partition coefficient (Wildman–Crippen LogP) is 3.63. The zero-order valence-electron chi connectivity index (χ0n) is 16.3. The lowest BCUT2D eigenvalue weighted by Gasteiger charge is -2.29. The Morgan fingerprint density at radius 2 is 2.04 bits per heavy atom. The van der Waals surface area contributed by atoms with Crippen molar-refractivity contribution in [1.82, 2.24) is 10.1 Å². The lowest BCUT2D eigenvalue weighted by molar-refractivity contribution is -0.145. The highest BCUT2D eigenvalue weighted by Gasteiger charge is 2.37. The van der Waals surface area contributed by atoms with Gasteiger partial charge in [0.25, 0.3) is 5.91 Å². The van der Waals surface area contributed by atoms with Gasteiger partial charge in [0.1, 0.15) is 5.75 Å². The molecule has 0 unspecified atom stereocenters. The second-order valence-electron chi connectivity index (χ2n) is 7.33. The van der Waals surface area contributed by atoms with E-state index in [1.807, 2.05) is 42.2 Å². The molecule has 0 aliphatic carbocycles. The van der Waals surface area contributed by atoms with Crippen molar-refractivity contribution in [3.63, 3.8) is 0 Å². The van der Waals surface area contributed by atoms with E-state index < -0.39 is 6.10 Å². The fraction of sp³-hybridized carbons (Fsp3) is 0.476. The summed E-state index contributed by atoms with van der Waals surface area (Å²) in [5.41, 5.74) is 2.55. The minimum atomic E-state index is -0.596. The molecule has 1 aromatic heterocycles. The number of nitrogens with zero attached hydrogens (tertiary/aromatic N) is 3. The third-order valence-corrected chi connectivity index (χ3v) is 5.38. The molecular formula is C21H25N3O4. The highest BCUT2D eigenvalue weighted by molar-refractivity contribution is 6.04. The van der Waals surface area contributed by atoms with E-state index in [4.69, 9.17) is 14.1 Å². The smallest absolute Gasteiger partial charge is 0.267 e. The summed E-state index contributed by atoms with van der Waals surface area (Å²) in [7, 11) is 1.63. The molecule has 7 nitrogen and oxygen atoms in total. The number of carbonyl (C=O) groups is 1. The summed E-state index contributed by atoms with van der Waals surface area (Å²) in [4.78, 5) is 20.7. The number of ether oxygens (including phenoxy) is 1. The number of hydrogen-bond acceptors (Lipinski definition) is 6. The number of amides is 1. The normalized spacial score (nSPS) is 22.4. The van der Waals surface area contributed by atoms with Crippen molar-refractivity contribution in [2.45, 2.75) is 51.2 Å². The Morgan fingerprint density at radius 3 is 2.75 bits per heavy atom. The molecule has 2 aliphatic heterocycles. The van der Waals surface area contributed by atoms with Gasteiger partial charge in [-0.3, -0.25) is 4.79 Å². The number of methoxy groups -OCH3 is 1. The minimum absolute atomic E-state index is 0.0341. The molecule has 148 valence electrons. The molecule has 28 heavy (non-hydrogen) atoms. The van der Waals surface area contributed by atoms with Crippen molar-refractivity contribution in [3.8, 4) is 5.75 Å². The molecule has 7 heteroatoms. The highest BCUT2D eigenvalue weighted by atomic mass is 16.6. The van der Waals surface area contributed by atoms with Gasteiger partial charge in [-0.1, -0.05) is 23.2 Å². The Labute approximate surface area is 164 Å². The molecule has 0 bridgehead atoms. The SMILES string of the molecule is COc1ccc(C2=NO[C@H](C(=O)N3CCCCC[C@@H]3c3cc(C)no3)C2)cc1. The number of likely N-dealkylation sites (tertiary alicyclic amines) is 1. The lowest BCUT2D eigenvalue weighted by Crippen LogP contribution is -2.41. The summed E-state index contributed by atoms with van der Waals surface area (Å²) < 4.78 is 10.7. The second kappa shape index (κ2) is 8.04. The molecule has 1 fully saturated rings. The zero-order valence-corrected chi connectivity index (χ0v) is 16.3. The number of rotatable bonds is 4. The van der Waals surface area contributed by atoms with E-state index in [0.29, 0.717) is 13.0 Å². The van der Waals surface area contributed by atoms with Crippen molar-refractivity contribution in [2.24, 2.45) is 5.16 Å². The Kier molecular flexibility index (Phi) is 5.32.